The Labute approximate surface area is 101 Å². The molecule has 1 aromatic rings. The molecule has 0 saturated heterocycles. The molecule has 1 heterocycles. The summed E-state index contributed by atoms with van der Waals surface area (Å²) in [6, 6.07) is 3.34. The topological polar surface area (TPSA) is 76.1 Å². The molecule has 1 rings (SSSR count). The first-order chi connectivity index (χ1) is 7.98. The van der Waals surface area contributed by atoms with E-state index < -0.39 is 0 Å². The number of amides is 1. The van der Waals surface area contributed by atoms with Crippen molar-refractivity contribution in [2.75, 3.05) is 26.1 Å². The highest BCUT2D eigenvalue weighted by Gasteiger charge is 2.18. The van der Waals surface area contributed by atoms with E-state index in [1.54, 1.807) is 26.3 Å². The van der Waals surface area contributed by atoms with Crippen LogP contribution in [0.25, 0.3) is 0 Å². The van der Waals surface area contributed by atoms with Crippen molar-refractivity contribution < 1.29 is 9.53 Å². The fourth-order valence-corrected chi connectivity index (χ4v) is 1.39. The van der Waals surface area contributed by atoms with Crippen LogP contribution in [-0.4, -0.2) is 42.4 Å². The van der Waals surface area contributed by atoms with E-state index in [0.29, 0.717) is 18.1 Å². The Morgan fingerprint density at radius 2 is 2.12 bits per heavy atom. The average molecular weight is 238 g/mol. The molecule has 0 aliphatic rings. The van der Waals surface area contributed by atoms with Crippen molar-refractivity contribution in [2.45, 2.75) is 19.4 Å². The minimum atomic E-state index is -0.250. The van der Waals surface area contributed by atoms with Crippen molar-refractivity contribution in [2.24, 2.45) is 0 Å². The molecule has 0 unspecified atom stereocenters. The van der Waals surface area contributed by atoms with Crippen molar-refractivity contribution in [3.8, 4) is 0 Å². The average Bonchev–Trinajstić information content (AvgIpc) is 2.28. The number of ether oxygens (including phenoxy) is 1. The Morgan fingerprint density at radius 1 is 1.41 bits per heavy atom. The highest BCUT2D eigenvalue weighted by molar-refractivity contribution is 5.91. The number of anilines is 1. The van der Waals surface area contributed by atoms with Crippen LogP contribution in [-0.2, 0) is 4.74 Å². The molecule has 6 nitrogen and oxygen atoms in total. The predicted octanol–water partition coefficient (Wildman–Crippen LogP) is 0.673. The van der Waals surface area contributed by atoms with E-state index in [4.69, 9.17) is 4.74 Å². The van der Waals surface area contributed by atoms with Gasteiger partial charge in [0.25, 0.3) is 5.91 Å². The quantitative estimate of drug-likeness (QED) is 0.788. The zero-order chi connectivity index (χ0) is 12.9. The second-order valence-corrected chi connectivity index (χ2v) is 4.32. The molecule has 6 heteroatoms. The van der Waals surface area contributed by atoms with Gasteiger partial charge < -0.3 is 15.4 Å². The SMILES string of the molecule is CNC(=O)c1ccc(NC(C)(C)COC)nn1. The maximum Gasteiger partial charge on any atom is 0.271 e. The van der Waals surface area contributed by atoms with Crippen molar-refractivity contribution in [1.82, 2.24) is 15.5 Å². The molecule has 17 heavy (non-hydrogen) atoms. The normalized spacial score (nSPS) is 11.1. The summed E-state index contributed by atoms with van der Waals surface area (Å²) in [5, 5.41) is 13.4. The van der Waals surface area contributed by atoms with Gasteiger partial charge in [-0.2, -0.15) is 0 Å². The van der Waals surface area contributed by atoms with E-state index in [1.165, 1.54) is 0 Å². The summed E-state index contributed by atoms with van der Waals surface area (Å²) < 4.78 is 5.08. The summed E-state index contributed by atoms with van der Waals surface area (Å²) in [6.45, 7) is 4.53. The van der Waals surface area contributed by atoms with Crippen LogP contribution in [0.15, 0.2) is 12.1 Å². The van der Waals surface area contributed by atoms with Crippen molar-refractivity contribution in [1.29, 1.82) is 0 Å². The summed E-state index contributed by atoms with van der Waals surface area (Å²) in [4.78, 5) is 11.3. The summed E-state index contributed by atoms with van der Waals surface area (Å²) in [5.41, 5.74) is 0.0559. The third-order valence-electron chi connectivity index (χ3n) is 2.10. The molecule has 94 valence electrons. The molecule has 2 N–H and O–H groups in total. The van der Waals surface area contributed by atoms with Gasteiger partial charge >= 0.3 is 0 Å². The summed E-state index contributed by atoms with van der Waals surface area (Å²) in [7, 11) is 3.20. The van der Waals surface area contributed by atoms with E-state index in [2.05, 4.69) is 20.8 Å². The third kappa shape index (κ3) is 3.99. The summed E-state index contributed by atoms with van der Waals surface area (Å²) in [6.07, 6.45) is 0. The minimum Gasteiger partial charge on any atom is -0.382 e. The lowest BCUT2D eigenvalue weighted by Gasteiger charge is -2.25. The van der Waals surface area contributed by atoms with Crippen LogP contribution < -0.4 is 10.6 Å². The number of hydrogen-bond donors (Lipinski definition) is 2. The maximum atomic E-state index is 11.3. The highest BCUT2D eigenvalue weighted by Crippen LogP contribution is 2.12. The van der Waals surface area contributed by atoms with Gasteiger partial charge in [-0.1, -0.05) is 0 Å². The van der Waals surface area contributed by atoms with Crippen LogP contribution in [0.5, 0.6) is 0 Å². The molecule has 0 radical (unpaired) electrons. The van der Waals surface area contributed by atoms with Crippen molar-refractivity contribution in [3.63, 3.8) is 0 Å². The molecule has 0 aliphatic carbocycles. The standard InChI is InChI=1S/C11H18N4O2/c1-11(2,7-17-4)13-9-6-5-8(14-15-9)10(16)12-3/h5-6H,7H2,1-4H3,(H,12,16)(H,13,15). The largest absolute Gasteiger partial charge is 0.382 e. The van der Waals surface area contributed by atoms with Crippen molar-refractivity contribution in [3.05, 3.63) is 17.8 Å². The molecule has 0 aliphatic heterocycles. The lowest BCUT2D eigenvalue weighted by atomic mass is 10.1. The molecule has 1 amide bonds. The van der Waals surface area contributed by atoms with Crippen LogP contribution >= 0.6 is 0 Å². The first-order valence-electron chi connectivity index (χ1n) is 5.31. The van der Waals surface area contributed by atoms with Gasteiger partial charge in [-0.25, -0.2) is 0 Å². The van der Waals surface area contributed by atoms with Gasteiger partial charge in [0.15, 0.2) is 5.69 Å². The number of carbonyl (C=O) groups is 1. The smallest absolute Gasteiger partial charge is 0.271 e. The van der Waals surface area contributed by atoms with Crippen LogP contribution in [0, 0.1) is 0 Å². The van der Waals surface area contributed by atoms with Gasteiger partial charge in [-0.15, -0.1) is 10.2 Å². The van der Waals surface area contributed by atoms with Gasteiger partial charge in [-0.05, 0) is 26.0 Å². The molecule has 0 aromatic carbocycles. The molecule has 0 bridgehead atoms. The van der Waals surface area contributed by atoms with Gasteiger partial charge in [0.2, 0.25) is 0 Å². The lowest BCUT2D eigenvalue weighted by Crippen LogP contribution is -2.36. The fraction of sp³-hybridized carbons (Fsp3) is 0.545. The van der Waals surface area contributed by atoms with Crippen LogP contribution in [0.1, 0.15) is 24.3 Å². The zero-order valence-electron chi connectivity index (χ0n) is 10.6. The first-order valence-corrected chi connectivity index (χ1v) is 5.31. The number of carbonyl (C=O) groups excluding carboxylic acids is 1. The van der Waals surface area contributed by atoms with E-state index in [-0.39, 0.29) is 11.4 Å². The lowest BCUT2D eigenvalue weighted by molar-refractivity contribution is 0.0957. The maximum absolute atomic E-state index is 11.3. The van der Waals surface area contributed by atoms with Gasteiger partial charge in [0, 0.05) is 14.2 Å². The van der Waals surface area contributed by atoms with Crippen LogP contribution in [0.3, 0.4) is 0 Å². The second-order valence-electron chi connectivity index (χ2n) is 4.32. The van der Waals surface area contributed by atoms with E-state index in [0.717, 1.165) is 0 Å². The predicted molar refractivity (Wildman–Crippen MR) is 65.0 cm³/mol. The number of aromatic nitrogens is 2. The molecule has 1 aromatic heterocycles. The number of nitrogens with zero attached hydrogens (tertiary/aromatic N) is 2. The van der Waals surface area contributed by atoms with Crippen LogP contribution in [0.2, 0.25) is 0 Å². The number of nitrogens with one attached hydrogen (secondary N) is 2. The molecular weight excluding hydrogens is 220 g/mol. The Bertz CT molecular complexity index is 376. The van der Waals surface area contributed by atoms with Crippen molar-refractivity contribution >= 4 is 11.7 Å². The Kier molecular flexibility index (Phi) is 4.39. The molecule has 0 spiro atoms. The first kappa shape index (κ1) is 13.4. The molecule has 0 fully saturated rings. The van der Waals surface area contributed by atoms with E-state index in [9.17, 15) is 4.79 Å². The zero-order valence-corrected chi connectivity index (χ0v) is 10.6. The Hall–Kier alpha value is -1.69. The molecule has 0 saturated carbocycles. The Morgan fingerprint density at radius 3 is 2.59 bits per heavy atom. The van der Waals surface area contributed by atoms with Gasteiger partial charge in [0.1, 0.15) is 5.82 Å². The summed E-state index contributed by atoms with van der Waals surface area (Å²) >= 11 is 0. The molecular formula is C11H18N4O2. The monoisotopic (exact) mass is 238 g/mol. The number of hydrogen-bond acceptors (Lipinski definition) is 5. The number of methoxy groups -OCH3 is 1. The fourth-order valence-electron chi connectivity index (χ4n) is 1.39. The van der Waals surface area contributed by atoms with Gasteiger partial charge in [0.05, 0.1) is 12.1 Å². The Balaban J connectivity index is 2.71. The highest BCUT2D eigenvalue weighted by atomic mass is 16.5. The van der Waals surface area contributed by atoms with Gasteiger partial charge in [-0.3, -0.25) is 4.79 Å². The van der Waals surface area contributed by atoms with Crippen LogP contribution in [0.4, 0.5) is 5.82 Å². The summed E-state index contributed by atoms with van der Waals surface area (Å²) in [5.74, 6) is 0.361. The molecule has 0 atom stereocenters. The second kappa shape index (κ2) is 5.58. The number of rotatable bonds is 5. The third-order valence-corrected chi connectivity index (χ3v) is 2.10. The van der Waals surface area contributed by atoms with E-state index >= 15 is 0 Å². The minimum absolute atomic E-state index is 0.238. The van der Waals surface area contributed by atoms with E-state index in [1.807, 2.05) is 13.8 Å².